The zero-order chi connectivity index (χ0) is 15.0. The molecule has 3 rings (SSSR count). The number of rotatable bonds is 6. The van der Waals surface area contributed by atoms with E-state index in [0.717, 1.165) is 31.1 Å². The molecular weight excluding hydrogens is 274 g/mol. The molecule has 1 atom stereocenters. The maximum absolute atomic E-state index is 6.10. The fourth-order valence-corrected chi connectivity index (χ4v) is 3.50. The second-order valence-corrected chi connectivity index (χ2v) is 6.64. The molecule has 1 aromatic carbocycles. The average molecular weight is 303 g/mol. The summed E-state index contributed by atoms with van der Waals surface area (Å²) in [5, 5.41) is 3.57. The van der Waals surface area contributed by atoms with E-state index in [1.165, 1.54) is 51.4 Å². The molecule has 2 aliphatic rings. The van der Waals surface area contributed by atoms with Gasteiger partial charge in [-0.1, -0.05) is 18.9 Å². The van der Waals surface area contributed by atoms with Crippen molar-refractivity contribution >= 4 is 0 Å². The van der Waals surface area contributed by atoms with Gasteiger partial charge in [0.15, 0.2) is 0 Å². The third-order valence-electron chi connectivity index (χ3n) is 4.81. The van der Waals surface area contributed by atoms with Crippen molar-refractivity contribution in [1.82, 2.24) is 5.32 Å². The summed E-state index contributed by atoms with van der Waals surface area (Å²) < 4.78 is 12.0. The van der Waals surface area contributed by atoms with E-state index in [-0.39, 0.29) is 0 Å². The van der Waals surface area contributed by atoms with Crippen LogP contribution < -0.4 is 14.8 Å². The van der Waals surface area contributed by atoms with Crippen LogP contribution in [0, 0.1) is 0 Å². The Balaban J connectivity index is 1.43. The van der Waals surface area contributed by atoms with Crippen molar-refractivity contribution in [3.05, 3.63) is 24.3 Å². The highest BCUT2D eigenvalue weighted by Gasteiger charge is 2.15. The van der Waals surface area contributed by atoms with Crippen LogP contribution in [0.2, 0.25) is 0 Å². The van der Waals surface area contributed by atoms with Crippen LogP contribution in [-0.4, -0.2) is 25.3 Å². The molecule has 3 heteroatoms. The van der Waals surface area contributed by atoms with Crippen LogP contribution in [0.15, 0.2) is 24.3 Å². The standard InChI is InChI=1S/C19H29NO2/c1-2-8-17(9-3-1)22-19-11-6-10-18(15-19)21-14-12-16-7-4-5-13-20-16/h6,10-11,15-17,20H,1-5,7-9,12-14H2. The molecule has 1 aliphatic heterocycles. The number of hydrogen-bond acceptors (Lipinski definition) is 3. The molecular formula is C19H29NO2. The van der Waals surface area contributed by atoms with Gasteiger partial charge in [-0.15, -0.1) is 0 Å². The van der Waals surface area contributed by atoms with Gasteiger partial charge >= 0.3 is 0 Å². The van der Waals surface area contributed by atoms with E-state index in [1.807, 2.05) is 24.3 Å². The first kappa shape index (κ1) is 15.7. The zero-order valence-corrected chi connectivity index (χ0v) is 13.6. The van der Waals surface area contributed by atoms with Crippen LogP contribution in [0.4, 0.5) is 0 Å². The molecule has 0 aromatic heterocycles. The lowest BCUT2D eigenvalue weighted by molar-refractivity contribution is 0.154. The van der Waals surface area contributed by atoms with Crippen LogP contribution in [-0.2, 0) is 0 Å². The van der Waals surface area contributed by atoms with E-state index in [2.05, 4.69) is 5.32 Å². The smallest absolute Gasteiger partial charge is 0.123 e. The number of hydrogen-bond donors (Lipinski definition) is 1. The Morgan fingerprint density at radius 2 is 1.77 bits per heavy atom. The first-order chi connectivity index (χ1) is 10.9. The van der Waals surface area contributed by atoms with Crippen molar-refractivity contribution < 1.29 is 9.47 Å². The van der Waals surface area contributed by atoms with Crippen molar-refractivity contribution in [3.63, 3.8) is 0 Å². The molecule has 1 unspecified atom stereocenters. The van der Waals surface area contributed by atoms with Gasteiger partial charge in [0.05, 0.1) is 12.7 Å². The van der Waals surface area contributed by atoms with E-state index in [9.17, 15) is 0 Å². The van der Waals surface area contributed by atoms with Gasteiger partial charge in [-0.25, -0.2) is 0 Å². The molecule has 1 saturated carbocycles. The van der Waals surface area contributed by atoms with Gasteiger partial charge < -0.3 is 14.8 Å². The molecule has 2 fully saturated rings. The molecule has 0 radical (unpaired) electrons. The van der Waals surface area contributed by atoms with Crippen molar-refractivity contribution in [3.8, 4) is 11.5 Å². The minimum atomic E-state index is 0.399. The number of piperidine rings is 1. The predicted octanol–water partition coefficient (Wildman–Crippen LogP) is 4.31. The largest absolute Gasteiger partial charge is 0.493 e. The van der Waals surface area contributed by atoms with E-state index < -0.39 is 0 Å². The zero-order valence-electron chi connectivity index (χ0n) is 13.6. The normalized spacial score (nSPS) is 23.2. The highest BCUT2D eigenvalue weighted by Crippen LogP contribution is 2.26. The maximum atomic E-state index is 6.10. The predicted molar refractivity (Wildman–Crippen MR) is 89.7 cm³/mol. The summed E-state index contributed by atoms with van der Waals surface area (Å²) in [6.07, 6.45) is 11.8. The van der Waals surface area contributed by atoms with Gasteiger partial charge in [-0.05, 0) is 63.6 Å². The summed E-state index contributed by atoms with van der Waals surface area (Å²) >= 11 is 0. The van der Waals surface area contributed by atoms with E-state index in [4.69, 9.17) is 9.47 Å². The molecule has 0 bridgehead atoms. The monoisotopic (exact) mass is 303 g/mol. The fraction of sp³-hybridized carbons (Fsp3) is 0.684. The van der Waals surface area contributed by atoms with Gasteiger partial charge in [0.1, 0.15) is 11.5 Å². The Bertz CT molecular complexity index is 437. The Morgan fingerprint density at radius 1 is 0.955 bits per heavy atom. The minimum Gasteiger partial charge on any atom is -0.493 e. The molecule has 0 spiro atoms. The van der Waals surface area contributed by atoms with Crippen LogP contribution in [0.3, 0.4) is 0 Å². The minimum absolute atomic E-state index is 0.399. The molecule has 1 heterocycles. The number of nitrogens with one attached hydrogen (secondary N) is 1. The summed E-state index contributed by atoms with van der Waals surface area (Å²) in [4.78, 5) is 0. The molecule has 1 aliphatic carbocycles. The van der Waals surface area contributed by atoms with Crippen molar-refractivity contribution in [2.24, 2.45) is 0 Å². The first-order valence-electron chi connectivity index (χ1n) is 9.03. The Labute approximate surface area is 134 Å². The Hall–Kier alpha value is -1.22. The summed E-state index contributed by atoms with van der Waals surface area (Å²) in [6, 6.07) is 8.79. The summed E-state index contributed by atoms with van der Waals surface area (Å²) in [6.45, 7) is 1.94. The molecule has 1 saturated heterocycles. The summed E-state index contributed by atoms with van der Waals surface area (Å²) in [5.74, 6) is 1.89. The molecule has 0 amide bonds. The maximum Gasteiger partial charge on any atom is 0.123 e. The Morgan fingerprint density at radius 3 is 2.59 bits per heavy atom. The second kappa shape index (κ2) is 8.42. The third-order valence-corrected chi connectivity index (χ3v) is 4.81. The van der Waals surface area contributed by atoms with Gasteiger partial charge in [-0.2, -0.15) is 0 Å². The summed E-state index contributed by atoms with van der Waals surface area (Å²) in [7, 11) is 0. The topological polar surface area (TPSA) is 30.5 Å². The molecule has 122 valence electrons. The highest BCUT2D eigenvalue weighted by molar-refractivity contribution is 5.33. The van der Waals surface area contributed by atoms with E-state index >= 15 is 0 Å². The quantitative estimate of drug-likeness (QED) is 0.849. The lowest BCUT2D eigenvalue weighted by Gasteiger charge is -2.24. The van der Waals surface area contributed by atoms with E-state index in [1.54, 1.807) is 0 Å². The third kappa shape index (κ3) is 4.91. The fourth-order valence-electron chi connectivity index (χ4n) is 3.50. The van der Waals surface area contributed by atoms with Gasteiger partial charge in [0.2, 0.25) is 0 Å². The molecule has 22 heavy (non-hydrogen) atoms. The van der Waals surface area contributed by atoms with Crippen LogP contribution in [0.5, 0.6) is 11.5 Å². The van der Waals surface area contributed by atoms with Gasteiger partial charge in [-0.3, -0.25) is 0 Å². The van der Waals surface area contributed by atoms with Crippen molar-refractivity contribution in [2.75, 3.05) is 13.2 Å². The van der Waals surface area contributed by atoms with Gasteiger partial charge in [0.25, 0.3) is 0 Å². The van der Waals surface area contributed by atoms with Crippen molar-refractivity contribution in [2.45, 2.75) is 69.9 Å². The van der Waals surface area contributed by atoms with Gasteiger partial charge in [0, 0.05) is 12.1 Å². The van der Waals surface area contributed by atoms with Crippen LogP contribution in [0.25, 0.3) is 0 Å². The first-order valence-corrected chi connectivity index (χ1v) is 9.03. The molecule has 1 N–H and O–H groups in total. The molecule has 1 aromatic rings. The van der Waals surface area contributed by atoms with Crippen LogP contribution in [0.1, 0.15) is 57.8 Å². The highest BCUT2D eigenvalue weighted by atomic mass is 16.5. The lowest BCUT2D eigenvalue weighted by atomic mass is 9.98. The number of benzene rings is 1. The van der Waals surface area contributed by atoms with Crippen LogP contribution >= 0.6 is 0 Å². The van der Waals surface area contributed by atoms with Crippen molar-refractivity contribution in [1.29, 1.82) is 0 Å². The van der Waals surface area contributed by atoms with E-state index in [0.29, 0.717) is 12.1 Å². The summed E-state index contributed by atoms with van der Waals surface area (Å²) in [5.41, 5.74) is 0. The molecule has 3 nitrogen and oxygen atoms in total. The second-order valence-electron chi connectivity index (χ2n) is 6.64. The Kier molecular flexibility index (Phi) is 6.00. The SMILES string of the molecule is c1cc(OCCC2CCCCN2)cc(OC2CCCCC2)c1. The average Bonchev–Trinajstić information content (AvgIpc) is 2.57. The number of ether oxygens (including phenoxy) is 2. The lowest BCUT2D eigenvalue weighted by Crippen LogP contribution is -2.35.